The monoisotopic (exact) mass is 422 g/mol. The van der Waals surface area contributed by atoms with Crippen LogP contribution in [0.15, 0.2) is 29.3 Å². The largest absolute Gasteiger partial charge is 0.462 e. The van der Waals surface area contributed by atoms with Crippen molar-refractivity contribution in [1.29, 1.82) is 0 Å². The molecule has 1 aromatic rings. The summed E-state index contributed by atoms with van der Waals surface area (Å²) < 4.78 is 5.99. The Bertz CT molecular complexity index is 898. The van der Waals surface area contributed by atoms with Crippen LogP contribution in [0, 0.1) is 31.1 Å². The number of fused-ring (bicyclic) bond motifs is 2. The van der Waals surface area contributed by atoms with E-state index in [1.165, 1.54) is 36.1 Å². The molecule has 0 aromatic heterocycles. The maximum atomic E-state index is 12.9. The highest BCUT2D eigenvalue weighted by atomic mass is 16.6. The van der Waals surface area contributed by atoms with Crippen molar-refractivity contribution in [3.8, 4) is 0 Å². The minimum Gasteiger partial charge on any atom is -0.462 e. The van der Waals surface area contributed by atoms with Crippen LogP contribution in [0.4, 0.5) is 5.69 Å². The number of hydrogen-bond acceptors (Lipinski definition) is 4. The molecule has 0 spiro atoms. The number of ether oxygens (including phenoxy) is 1. The fourth-order valence-corrected chi connectivity index (χ4v) is 6.83. The molecule has 1 aromatic carbocycles. The van der Waals surface area contributed by atoms with E-state index in [-0.39, 0.29) is 23.4 Å². The highest BCUT2D eigenvalue weighted by molar-refractivity contribution is 5.76. The summed E-state index contributed by atoms with van der Waals surface area (Å²) in [7, 11) is 0. The van der Waals surface area contributed by atoms with Crippen LogP contribution >= 0.6 is 0 Å². The molecule has 5 rings (SSSR count). The molecule has 0 N–H and O–H groups in total. The van der Waals surface area contributed by atoms with E-state index in [1.807, 2.05) is 0 Å². The van der Waals surface area contributed by atoms with Crippen molar-refractivity contribution >= 4 is 11.7 Å². The zero-order valence-corrected chi connectivity index (χ0v) is 19.7. The SMILES string of the molecule is CC1=C2CC3C(CC2(C)CCC1)OC(=O)C3CN1CCN(c2cc(C)ccc2C)CC1. The summed E-state index contributed by atoms with van der Waals surface area (Å²) in [6.45, 7) is 14.1. The Morgan fingerprint density at radius 3 is 2.68 bits per heavy atom. The number of carbonyl (C=O) groups is 1. The lowest BCUT2D eigenvalue weighted by Crippen LogP contribution is -2.49. The van der Waals surface area contributed by atoms with Gasteiger partial charge in [0.25, 0.3) is 0 Å². The molecule has 2 aliphatic heterocycles. The smallest absolute Gasteiger partial charge is 0.310 e. The van der Waals surface area contributed by atoms with Crippen LogP contribution in [0.2, 0.25) is 0 Å². The molecule has 2 aliphatic carbocycles. The van der Waals surface area contributed by atoms with Gasteiger partial charge in [0.05, 0.1) is 5.92 Å². The van der Waals surface area contributed by atoms with Crippen molar-refractivity contribution in [2.24, 2.45) is 17.3 Å². The summed E-state index contributed by atoms with van der Waals surface area (Å²) in [6.07, 6.45) is 6.02. The Morgan fingerprint density at radius 2 is 1.90 bits per heavy atom. The summed E-state index contributed by atoms with van der Waals surface area (Å²) in [5.74, 6) is 0.483. The number of benzene rings is 1. The van der Waals surface area contributed by atoms with Crippen molar-refractivity contribution in [3.05, 3.63) is 40.5 Å². The maximum Gasteiger partial charge on any atom is 0.310 e. The first-order chi connectivity index (χ1) is 14.8. The highest BCUT2D eigenvalue weighted by Gasteiger charge is 2.53. The van der Waals surface area contributed by atoms with Crippen LogP contribution in [0.3, 0.4) is 0 Å². The van der Waals surface area contributed by atoms with Crippen molar-refractivity contribution in [3.63, 3.8) is 0 Å². The Morgan fingerprint density at radius 1 is 1.13 bits per heavy atom. The lowest BCUT2D eigenvalue weighted by atomic mass is 9.59. The van der Waals surface area contributed by atoms with E-state index in [9.17, 15) is 4.79 Å². The summed E-state index contributed by atoms with van der Waals surface area (Å²) in [6, 6.07) is 6.73. The van der Waals surface area contributed by atoms with Crippen LogP contribution in [0.25, 0.3) is 0 Å². The van der Waals surface area contributed by atoms with E-state index in [0.717, 1.165) is 45.6 Å². The molecule has 2 saturated heterocycles. The van der Waals surface area contributed by atoms with Crippen LogP contribution in [0.1, 0.15) is 57.1 Å². The number of esters is 1. The molecule has 4 aliphatic rings. The molecule has 4 unspecified atom stereocenters. The third kappa shape index (κ3) is 3.82. The lowest BCUT2D eigenvalue weighted by Gasteiger charge is -2.46. The molecule has 0 bridgehead atoms. The van der Waals surface area contributed by atoms with Gasteiger partial charge in [0.2, 0.25) is 0 Å². The average molecular weight is 423 g/mol. The second-order valence-electron chi connectivity index (χ2n) is 10.9. The first kappa shape index (κ1) is 21.1. The molecular weight excluding hydrogens is 384 g/mol. The fourth-order valence-electron chi connectivity index (χ4n) is 6.83. The third-order valence-electron chi connectivity index (χ3n) is 8.71. The molecular formula is C27H38N2O2. The van der Waals surface area contributed by atoms with Gasteiger partial charge in [-0.2, -0.15) is 0 Å². The molecule has 0 radical (unpaired) electrons. The van der Waals surface area contributed by atoms with Gasteiger partial charge in [-0.15, -0.1) is 0 Å². The van der Waals surface area contributed by atoms with Gasteiger partial charge >= 0.3 is 5.97 Å². The van der Waals surface area contributed by atoms with E-state index in [2.05, 4.69) is 55.7 Å². The van der Waals surface area contributed by atoms with Gasteiger partial charge in [0.15, 0.2) is 0 Å². The van der Waals surface area contributed by atoms with Crippen LogP contribution in [-0.2, 0) is 9.53 Å². The maximum absolute atomic E-state index is 12.9. The van der Waals surface area contributed by atoms with E-state index in [4.69, 9.17) is 4.74 Å². The Labute approximate surface area is 187 Å². The molecule has 3 fully saturated rings. The Hall–Kier alpha value is -1.81. The zero-order valence-electron chi connectivity index (χ0n) is 19.7. The second kappa shape index (κ2) is 7.95. The quantitative estimate of drug-likeness (QED) is 0.513. The molecule has 1 saturated carbocycles. The number of piperazine rings is 1. The molecule has 0 amide bonds. The summed E-state index contributed by atoms with van der Waals surface area (Å²) >= 11 is 0. The predicted octanol–water partition coefficient (Wildman–Crippen LogP) is 4.88. The molecule has 168 valence electrons. The van der Waals surface area contributed by atoms with E-state index in [0.29, 0.717) is 5.92 Å². The van der Waals surface area contributed by atoms with Crippen LogP contribution in [-0.4, -0.2) is 49.7 Å². The first-order valence-corrected chi connectivity index (χ1v) is 12.3. The fraction of sp³-hybridized carbons (Fsp3) is 0.667. The van der Waals surface area contributed by atoms with E-state index < -0.39 is 0 Å². The van der Waals surface area contributed by atoms with E-state index in [1.54, 1.807) is 11.1 Å². The van der Waals surface area contributed by atoms with Gasteiger partial charge in [0.1, 0.15) is 6.10 Å². The number of carbonyl (C=O) groups excluding carboxylic acids is 1. The number of nitrogens with zero attached hydrogens (tertiary/aromatic N) is 2. The second-order valence-corrected chi connectivity index (χ2v) is 10.9. The molecule has 4 heteroatoms. The van der Waals surface area contributed by atoms with Gasteiger partial charge in [-0.25, -0.2) is 0 Å². The molecule has 2 heterocycles. The minimum atomic E-state index is 0.0454. The summed E-state index contributed by atoms with van der Waals surface area (Å²) in [5, 5.41) is 0. The predicted molar refractivity (Wildman–Crippen MR) is 125 cm³/mol. The van der Waals surface area contributed by atoms with Gasteiger partial charge < -0.3 is 9.64 Å². The van der Waals surface area contributed by atoms with Gasteiger partial charge in [-0.05, 0) is 75.5 Å². The van der Waals surface area contributed by atoms with Crippen molar-refractivity contribution in [2.45, 2.75) is 65.9 Å². The van der Waals surface area contributed by atoms with Crippen LogP contribution in [0.5, 0.6) is 0 Å². The lowest BCUT2D eigenvalue weighted by molar-refractivity contribution is -0.145. The standard InChI is InChI=1S/C27H38N2O2/c1-18-7-8-20(3)24(14-18)29-12-10-28(11-13-29)17-22-21-15-23-19(2)6-5-9-27(23,4)16-25(21)31-26(22)30/h7-8,14,21-22,25H,5-6,9-13,15-17H2,1-4H3. The van der Waals surface area contributed by atoms with Crippen molar-refractivity contribution < 1.29 is 9.53 Å². The number of rotatable bonds is 3. The summed E-state index contributed by atoms with van der Waals surface area (Å²) in [5.41, 5.74) is 7.54. The van der Waals surface area contributed by atoms with E-state index >= 15 is 0 Å². The topological polar surface area (TPSA) is 32.8 Å². The normalized spacial score (nSPS) is 33.9. The number of aryl methyl sites for hydroxylation is 2. The molecule has 4 nitrogen and oxygen atoms in total. The van der Waals surface area contributed by atoms with Gasteiger partial charge in [-0.1, -0.05) is 30.2 Å². The summed E-state index contributed by atoms with van der Waals surface area (Å²) in [4.78, 5) is 17.9. The first-order valence-electron chi connectivity index (χ1n) is 12.3. The number of hydrogen-bond donors (Lipinski definition) is 0. The Kier molecular flexibility index (Phi) is 5.40. The van der Waals surface area contributed by atoms with Gasteiger partial charge in [0, 0.05) is 44.3 Å². The average Bonchev–Trinajstić information content (AvgIpc) is 3.02. The minimum absolute atomic E-state index is 0.0454. The van der Waals surface area contributed by atoms with Crippen molar-refractivity contribution in [2.75, 3.05) is 37.6 Å². The number of anilines is 1. The zero-order chi connectivity index (χ0) is 21.8. The molecule has 31 heavy (non-hydrogen) atoms. The van der Waals surface area contributed by atoms with Crippen LogP contribution < -0.4 is 4.90 Å². The van der Waals surface area contributed by atoms with Crippen molar-refractivity contribution in [1.82, 2.24) is 4.90 Å². The molecule has 4 atom stereocenters. The van der Waals surface area contributed by atoms with Gasteiger partial charge in [-0.3, -0.25) is 9.69 Å². The highest BCUT2D eigenvalue weighted by Crippen LogP contribution is 2.55. The Balaban J connectivity index is 1.25. The third-order valence-corrected chi connectivity index (χ3v) is 8.71. The number of allylic oxidation sites excluding steroid dienone is 2.